The molecule has 5 heteroatoms. The van der Waals surface area contributed by atoms with E-state index in [4.69, 9.17) is 9.47 Å². The van der Waals surface area contributed by atoms with E-state index in [0.717, 1.165) is 30.9 Å². The van der Waals surface area contributed by atoms with Crippen LogP contribution in [0.1, 0.15) is 39.3 Å². The van der Waals surface area contributed by atoms with Crippen LogP contribution in [-0.4, -0.2) is 34.8 Å². The van der Waals surface area contributed by atoms with Gasteiger partial charge in [0.2, 0.25) is 0 Å². The fourth-order valence-corrected chi connectivity index (χ4v) is 2.39. The van der Waals surface area contributed by atoms with E-state index < -0.39 is 0 Å². The minimum Gasteiger partial charge on any atom is -0.375 e. The molecule has 1 saturated heterocycles. The molecule has 0 radical (unpaired) electrons. The quantitative estimate of drug-likeness (QED) is 0.886. The Hall–Kier alpha value is -1.20. The molecule has 5 nitrogen and oxygen atoms in total. The number of rotatable bonds is 5. The zero-order valence-corrected chi connectivity index (χ0v) is 11.9. The minimum absolute atomic E-state index is 0.258. The number of ether oxygens (including phenoxy) is 2. The molecule has 0 bridgehead atoms. The molecule has 106 valence electrons. The summed E-state index contributed by atoms with van der Waals surface area (Å²) in [6.07, 6.45) is 6.23. The van der Waals surface area contributed by atoms with Crippen molar-refractivity contribution < 1.29 is 9.47 Å². The molecule has 1 aliphatic rings. The maximum absolute atomic E-state index is 5.91. The first-order valence-electron chi connectivity index (χ1n) is 6.99. The Morgan fingerprint density at radius 3 is 2.58 bits per heavy atom. The molecule has 1 N–H and O–H groups in total. The number of anilines is 1. The molecule has 2 heterocycles. The zero-order chi connectivity index (χ0) is 13.7. The largest absolute Gasteiger partial charge is 0.375 e. The normalized spacial score (nSPS) is 27.2. The molecule has 1 aromatic heterocycles. The van der Waals surface area contributed by atoms with Crippen molar-refractivity contribution in [2.45, 2.75) is 58.5 Å². The van der Waals surface area contributed by atoms with Gasteiger partial charge in [0.25, 0.3) is 0 Å². The van der Waals surface area contributed by atoms with Crippen molar-refractivity contribution in [2.24, 2.45) is 0 Å². The number of nitrogens with one attached hydrogen (secondary N) is 1. The Morgan fingerprint density at radius 2 is 2.00 bits per heavy atom. The average molecular weight is 265 g/mol. The number of nitrogens with zero attached hydrogens (tertiary/aromatic N) is 2. The molecule has 0 saturated carbocycles. The first-order valence-corrected chi connectivity index (χ1v) is 6.99. The van der Waals surface area contributed by atoms with Gasteiger partial charge in [0.05, 0.1) is 43.0 Å². The minimum atomic E-state index is 0.258. The Labute approximate surface area is 114 Å². The van der Waals surface area contributed by atoms with Crippen LogP contribution in [0.5, 0.6) is 0 Å². The van der Waals surface area contributed by atoms with Crippen molar-refractivity contribution in [3.8, 4) is 0 Å². The van der Waals surface area contributed by atoms with E-state index in [1.165, 1.54) is 0 Å². The molecular formula is C14H23N3O2. The van der Waals surface area contributed by atoms with Crippen LogP contribution in [-0.2, 0) is 16.1 Å². The highest BCUT2D eigenvalue weighted by atomic mass is 16.5. The summed E-state index contributed by atoms with van der Waals surface area (Å²) in [7, 11) is 0. The maximum Gasteiger partial charge on any atom is 0.144 e. The summed E-state index contributed by atoms with van der Waals surface area (Å²) in [6, 6.07) is 0. The van der Waals surface area contributed by atoms with Gasteiger partial charge in [-0.15, -0.1) is 0 Å². The number of hydrogen-bond donors (Lipinski definition) is 1. The van der Waals surface area contributed by atoms with Crippen LogP contribution in [0.2, 0.25) is 0 Å². The Kier molecular flexibility index (Phi) is 5.10. The third-order valence-electron chi connectivity index (χ3n) is 3.18. The summed E-state index contributed by atoms with van der Waals surface area (Å²) >= 11 is 0. The summed E-state index contributed by atoms with van der Waals surface area (Å²) in [4.78, 5) is 8.62. The van der Waals surface area contributed by atoms with E-state index in [0.29, 0.717) is 6.61 Å². The standard InChI is InChI=1S/C14H23N3O2/c1-4-15-14-8-16-12(7-17-14)9-18-13-5-10(2)19-11(3)6-13/h7-8,10-11,13H,4-6,9H2,1-3H3,(H,15,17). The summed E-state index contributed by atoms with van der Waals surface area (Å²) in [5.41, 5.74) is 0.869. The highest BCUT2D eigenvalue weighted by molar-refractivity contribution is 5.30. The third-order valence-corrected chi connectivity index (χ3v) is 3.18. The van der Waals surface area contributed by atoms with Gasteiger partial charge in [0.15, 0.2) is 0 Å². The van der Waals surface area contributed by atoms with E-state index >= 15 is 0 Å². The lowest BCUT2D eigenvalue weighted by molar-refractivity contribution is -0.106. The second-order valence-corrected chi connectivity index (χ2v) is 5.09. The topological polar surface area (TPSA) is 56.3 Å². The average Bonchev–Trinajstić information content (AvgIpc) is 2.37. The molecule has 1 aromatic rings. The fourth-order valence-electron chi connectivity index (χ4n) is 2.39. The predicted molar refractivity (Wildman–Crippen MR) is 74.0 cm³/mol. The molecular weight excluding hydrogens is 242 g/mol. The lowest BCUT2D eigenvalue weighted by Gasteiger charge is -2.31. The third kappa shape index (κ3) is 4.44. The van der Waals surface area contributed by atoms with Crippen LogP contribution >= 0.6 is 0 Å². The summed E-state index contributed by atoms with van der Waals surface area (Å²) < 4.78 is 11.6. The van der Waals surface area contributed by atoms with Gasteiger partial charge in [0.1, 0.15) is 5.82 Å². The van der Waals surface area contributed by atoms with Crippen molar-refractivity contribution in [3.05, 3.63) is 18.1 Å². The molecule has 1 fully saturated rings. The lowest BCUT2D eigenvalue weighted by Crippen LogP contribution is -2.34. The molecule has 2 atom stereocenters. The SMILES string of the molecule is CCNc1cnc(COC2CC(C)OC(C)C2)cn1. The molecule has 19 heavy (non-hydrogen) atoms. The second kappa shape index (κ2) is 6.82. The first-order chi connectivity index (χ1) is 9.17. The highest BCUT2D eigenvalue weighted by Crippen LogP contribution is 2.22. The molecule has 0 amide bonds. The molecule has 1 aliphatic heterocycles. The summed E-state index contributed by atoms with van der Waals surface area (Å²) in [5, 5.41) is 3.12. The van der Waals surface area contributed by atoms with E-state index in [1.54, 1.807) is 12.4 Å². The van der Waals surface area contributed by atoms with Gasteiger partial charge in [-0.05, 0) is 33.6 Å². The Bertz CT molecular complexity index is 373. The van der Waals surface area contributed by atoms with Gasteiger partial charge in [-0.1, -0.05) is 0 Å². The Morgan fingerprint density at radius 1 is 1.26 bits per heavy atom. The smallest absolute Gasteiger partial charge is 0.144 e. The van der Waals surface area contributed by atoms with Gasteiger partial charge in [-0.25, -0.2) is 4.98 Å². The molecule has 0 spiro atoms. The van der Waals surface area contributed by atoms with Crippen molar-refractivity contribution in [1.82, 2.24) is 9.97 Å². The van der Waals surface area contributed by atoms with Gasteiger partial charge < -0.3 is 14.8 Å². The number of hydrogen-bond acceptors (Lipinski definition) is 5. The van der Waals surface area contributed by atoms with Crippen molar-refractivity contribution in [3.63, 3.8) is 0 Å². The fraction of sp³-hybridized carbons (Fsp3) is 0.714. The number of aromatic nitrogens is 2. The zero-order valence-electron chi connectivity index (χ0n) is 11.9. The van der Waals surface area contributed by atoms with E-state index in [2.05, 4.69) is 29.1 Å². The molecule has 0 aromatic carbocycles. The maximum atomic E-state index is 5.91. The second-order valence-electron chi connectivity index (χ2n) is 5.09. The molecule has 0 aliphatic carbocycles. The van der Waals surface area contributed by atoms with Crippen LogP contribution in [0, 0.1) is 0 Å². The summed E-state index contributed by atoms with van der Waals surface area (Å²) in [6.45, 7) is 7.59. The van der Waals surface area contributed by atoms with Gasteiger partial charge >= 0.3 is 0 Å². The van der Waals surface area contributed by atoms with Gasteiger partial charge in [-0.2, -0.15) is 0 Å². The van der Waals surface area contributed by atoms with Crippen molar-refractivity contribution in [2.75, 3.05) is 11.9 Å². The predicted octanol–water partition coefficient (Wildman–Crippen LogP) is 2.38. The van der Waals surface area contributed by atoms with Crippen LogP contribution in [0.15, 0.2) is 12.4 Å². The highest BCUT2D eigenvalue weighted by Gasteiger charge is 2.24. The monoisotopic (exact) mass is 265 g/mol. The van der Waals surface area contributed by atoms with E-state index in [1.807, 2.05) is 6.92 Å². The van der Waals surface area contributed by atoms with Crippen molar-refractivity contribution in [1.29, 1.82) is 0 Å². The molecule has 2 unspecified atom stereocenters. The van der Waals surface area contributed by atoms with Gasteiger partial charge in [0, 0.05) is 6.54 Å². The van der Waals surface area contributed by atoms with Gasteiger partial charge in [-0.3, -0.25) is 4.98 Å². The van der Waals surface area contributed by atoms with Crippen LogP contribution in [0.25, 0.3) is 0 Å². The van der Waals surface area contributed by atoms with Crippen LogP contribution < -0.4 is 5.32 Å². The summed E-state index contributed by atoms with van der Waals surface area (Å²) in [5.74, 6) is 0.805. The van der Waals surface area contributed by atoms with Crippen LogP contribution in [0.3, 0.4) is 0 Å². The Balaban J connectivity index is 1.81. The van der Waals surface area contributed by atoms with E-state index in [9.17, 15) is 0 Å². The van der Waals surface area contributed by atoms with Crippen LogP contribution in [0.4, 0.5) is 5.82 Å². The first kappa shape index (κ1) is 14.2. The lowest BCUT2D eigenvalue weighted by atomic mass is 10.0. The van der Waals surface area contributed by atoms with Crippen molar-refractivity contribution >= 4 is 5.82 Å². The molecule has 2 rings (SSSR count). The van der Waals surface area contributed by atoms with E-state index in [-0.39, 0.29) is 18.3 Å².